The Kier molecular flexibility index (Phi) is 4.79. The number of benzene rings is 2. The highest BCUT2D eigenvalue weighted by atomic mass is 127. The van der Waals surface area contributed by atoms with Crippen molar-refractivity contribution in [3.63, 3.8) is 0 Å². The molecule has 0 aliphatic heterocycles. The lowest BCUT2D eigenvalue weighted by Crippen LogP contribution is -2.04. The van der Waals surface area contributed by atoms with Gasteiger partial charge in [0.15, 0.2) is 5.78 Å². The molecule has 0 aliphatic rings. The third-order valence-corrected chi connectivity index (χ3v) is 5.01. The summed E-state index contributed by atoms with van der Waals surface area (Å²) in [5.41, 5.74) is 4.05. The maximum absolute atomic E-state index is 12.3. The van der Waals surface area contributed by atoms with Gasteiger partial charge >= 0.3 is 0 Å². The number of ketones is 1. The lowest BCUT2D eigenvalue weighted by molar-refractivity contribution is 0.0993. The van der Waals surface area contributed by atoms with Gasteiger partial charge in [0.05, 0.1) is 0 Å². The monoisotopic (exact) mass is 428 g/mol. The highest BCUT2D eigenvalue weighted by Crippen LogP contribution is 2.23. The summed E-state index contributed by atoms with van der Waals surface area (Å²) in [6.45, 7) is 4.03. The number of carbonyl (C=O) groups is 1. The zero-order chi connectivity index (χ0) is 14.0. The maximum atomic E-state index is 12.3. The molecular weight excluding hydrogens is 415 g/mol. The predicted molar refractivity (Wildman–Crippen MR) is 90.8 cm³/mol. The lowest BCUT2D eigenvalue weighted by atomic mass is 9.99. The zero-order valence-electron chi connectivity index (χ0n) is 10.8. The average Bonchev–Trinajstić information content (AvgIpc) is 2.38. The second-order valence-corrected chi connectivity index (χ2v) is 6.69. The molecule has 0 atom stereocenters. The molecule has 2 aromatic rings. The summed E-state index contributed by atoms with van der Waals surface area (Å²) in [5.74, 6) is 0.167. The molecule has 0 spiro atoms. The fourth-order valence-corrected chi connectivity index (χ4v) is 2.59. The smallest absolute Gasteiger partial charge is 0.167 e. The van der Waals surface area contributed by atoms with Crippen LogP contribution in [-0.2, 0) is 6.42 Å². The quantitative estimate of drug-likeness (QED) is 0.491. The van der Waals surface area contributed by atoms with E-state index in [0.29, 0.717) is 6.42 Å². The number of hydrogen-bond acceptors (Lipinski definition) is 1. The number of Topliss-reactive ketones (excluding diaryl/α,β-unsaturated/α-hetero) is 1. The van der Waals surface area contributed by atoms with Gasteiger partial charge in [0.25, 0.3) is 0 Å². The van der Waals surface area contributed by atoms with E-state index in [1.807, 2.05) is 50.2 Å². The highest BCUT2D eigenvalue weighted by molar-refractivity contribution is 14.1. The first-order valence-electron chi connectivity index (χ1n) is 6.02. The Bertz CT molecular complexity index is 594. The summed E-state index contributed by atoms with van der Waals surface area (Å²) in [7, 11) is 0. The summed E-state index contributed by atoms with van der Waals surface area (Å²) in [4.78, 5) is 12.3. The Balaban J connectivity index is 2.23. The second-order valence-electron chi connectivity index (χ2n) is 4.65. The first kappa shape index (κ1) is 14.7. The summed E-state index contributed by atoms with van der Waals surface area (Å²) in [6, 6.07) is 12.0. The van der Waals surface area contributed by atoms with Crippen LogP contribution in [0, 0.1) is 17.4 Å². The largest absolute Gasteiger partial charge is 0.294 e. The molecule has 0 radical (unpaired) electrons. The minimum Gasteiger partial charge on any atom is -0.294 e. The van der Waals surface area contributed by atoms with E-state index in [-0.39, 0.29) is 5.78 Å². The van der Waals surface area contributed by atoms with Crippen molar-refractivity contribution in [3.05, 3.63) is 66.7 Å². The second kappa shape index (κ2) is 6.18. The van der Waals surface area contributed by atoms with E-state index < -0.39 is 0 Å². The van der Waals surface area contributed by atoms with Crippen molar-refractivity contribution in [3.8, 4) is 0 Å². The van der Waals surface area contributed by atoms with Gasteiger partial charge in [0, 0.05) is 20.0 Å². The molecule has 0 aromatic heterocycles. The van der Waals surface area contributed by atoms with Crippen LogP contribution in [0.5, 0.6) is 0 Å². The molecule has 0 saturated heterocycles. The van der Waals surface area contributed by atoms with Crippen LogP contribution in [0.1, 0.15) is 27.0 Å². The van der Waals surface area contributed by atoms with E-state index in [9.17, 15) is 4.79 Å². The van der Waals surface area contributed by atoms with Crippen LogP contribution in [-0.4, -0.2) is 5.78 Å². The molecule has 0 heterocycles. The van der Waals surface area contributed by atoms with Gasteiger partial charge in [-0.1, -0.05) is 28.1 Å². The van der Waals surface area contributed by atoms with Gasteiger partial charge < -0.3 is 0 Å². The Labute approximate surface area is 135 Å². The van der Waals surface area contributed by atoms with Gasteiger partial charge in [-0.3, -0.25) is 4.79 Å². The van der Waals surface area contributed by atoms with Crippen LogP contribution in [0.25, 0.3) is 0 Å². The van der Waals surface area contributed by atoms with Gasteiger partial charge in [-0.05, 0) is 77.4 Å². The Hall–Kier alpha value is -0.680. The van der Waals surface area contributed by atoms with E-state index in [1.165, 1.54) is 3.57 Å². The average molecular weight is 429 g/mol. The molecule has 0 bridgehead atoms. The van der Waals surface area contributed by atoms with Gasteiger partial charge in [0.2, 0.25) is 0 Å². The van der Waals surface area contributed by atoms with Gasteiger partial charge in [-0.2, -0.15) is 0 Å². The van der Waals surface area contributed by atoms with Crippen molar-refractivity contribution in [1.29, 1.82) is 0 Å². The van der Waals surface area contributed by atoms with Crippen molar-refractivity contribution in [2.75, 3.05) is 0 Å². The first-order chi connectivity index (χ1) is 8.97. The number of hydrogen-bond donors (Lipinski definition) is 0. The molecule has 98 valence electrons. The summed E-state index contributed by atoms with van der Waals surface area (Å²) < 4.78 is 2.27. The van der Waals surface area contributed by atoms with Crippen molar-refractivity contribution in [2.45, 2.75) is 20.3 Å². The molecular formula is C16H14BrIO. The third-order valence-electron chi connectivity index (χ3n) is 3.04. The summed E-state index contributed by atoms with van der Waals surface area (Å²) in [5, 5.41) is 0. The van der Waals surface area contributed by atoms with E-state index in [4.69, 9.17) is 0 Å². The molecule has 0 fully saturated rings. The first-order valence-corrected chi connectivity index (χ1v) is 7.89. The molecule has 0 unspecified atom stereocenters. The van der Waals surface area contributed by atoms with Gasteiger partial charge in [-0.25, -0.2) is 0 Å². The Morgan fingerprint density at radius 2 is 1.63 bits per heavy atom. The molecule has 19 heavy (non-hydrogen) atoms. The topological polar surface area (TPSA) is 17.1 Å². The number of aryl methyl sites for hydroxylation is 2. The molecule has 2 aromatic carbocycles. The predicted octanol–water partition coefficient (Wildman–Crippen LogP) is 5.10. The van der Waals surface area contributed by atoms with E-state index >= 15 is 0 Å². The standard InChI is InChI=1S/C16H14BrIO/c1-10-7-13(8-11(2)16(10)17)15(19)9-12-3-5-14(18)6-4-12/h3-8H,9H2,1-2H3. The van der Waals surface area contributed by atoms with Crippen LogP contribution in [0.2, 0.25) is 0 Å². The van der Waals surface area contributed by atoms with Crippen molar-refractivity contribution in [1.82, 2.24) is 0 Å². The van der Waals surface area contributed by atoms with Crippen molar-refractivity contribution >= 4 is 44.3 Å². The zero-order valence-corrected chi connectivity index (χ0v) is 14.6. The lowest BCUT2D eigenvalue weighted by Gasteiger charge is -2.07. The Morgan fingerprint density at radius 1 is 1.11 bits per heavy atom. The molecule has 3 heteroatoms. The van der Waals surface area contributed by atoms with Gasteiger partial charge in [0.1, 0.15) is 0 Å². The molecule has 0 N–H and O–H groups in total. The number of halogens is 2. The molecule has 0 amide bonds. The fraction of sp³-hybridized carbons (Fsp3) is 0.188. The van der Waals surface area contributed by atoms with Crippen molar-refractivity contribution < 1.29 is 4.79 Å². The molecule has 0 aliphatic carbocycles. The number of rotatable bonds is 3. The third kappa shape index (κ3) is 3.66. The molecule has 2 rings (SSSR count). The minimum atomic E-state index is 0.167. The summed E-state index contributed by atoms with van der Waals surface area (Å²) in [6.07, 6.45) is 0.456. The fourth-order valence-electron chi connectivity index (χ4n) is 2.00. The normalized spacial score (nSPS) is 10.5. The van der Waals surface area contributed by atoms with Crippen LogP contribution in [0.3, 0.4) is 0 Å². The van der Waals surface area contributed by atoms with E-state index in [2.05, 4.69) is 38.5 Å². The van der Waals surface area contributed by atoms with Gasteiger partial charge in [-0.15, -0.1) is 0 Å². The summed E-state index contributed by atoms with van der Waals surface area (Å²) >= 11 is 5.79. The maximum Gasteiger partial charge on any atom is 0.167 e. The van der Waals surface area contributed by atoms with E-state index in [1.54, 1.807) is 0 Å². The van der Waals surface area contributed by atoms with E-state index in [0.717, 1.165) is 26.7 Å². The molecule has 1 nitrogen and oxygen atoms in total. The Morgan fingerprint density at radius 3 is 2.16 bits per heavy atom. The van der Waals surface area contributed by atoms with Crippen LogP contribution in [0.4, 0.5) is 0 Å². The SMILES string of the molecule is Cc1cc(C(=O)Cc2ccc(I)cc2)cc(C)c1Br. The molecule has 0 saturated carbocycles. The van der Waals surface area contributed by atoms with Crippen LogP contribution < -0.4 is 0 Å². The van der Waals surface area contributed by atoms with Crippen LogP contribution in [0.15, 0.2) is 40.9 Å². The van der Waals surface area contributed by atoms with Crippen molar-refractivity contribution in [2.24, 2.45) is 0 Å². The minimum absolute atomic E-state index is 0.167. The van der Waals surface area contributed by atoms with Crippen LogP contribution >= 0.6 is 38.5 Å². The number of carbonyl (C=O) groups excluding carboxylic acids is 1. The highest BCUT2D eigenvalue weighted by Gasteiger charge is 2.10.